The standard InChI is InChI=1S/C84H85N11O4/c1-5-89(6-2)79-54-48-68(60-87-94(75-36-22-12-23-37-75)76-38-24-13-25-39-76)83(56-79)98-64-81(96)62-91(70-30-16-9-17-31-70)85-58-66-44-50-73(51-45-66)93(72-34-20-11-21-35-72)74-52-46-67(47-53-74)59-86-92(71-32-18-10-19-33-71)63-82(97)65-99-84-57-80(90(7-3)8-4)55-49-69(84)61-88-95(77-40-26-14-27-41-77)78-42-28-15-29-43-78/h9-61,81-82,96-97H,5-8,62-65H2,1-4H3. The normalized spacial score (nSPS) is 12.0. The molecule has 0 radical (unpaired) electrons. The van der Waals surface area contributed by atoms with Gasteiger partial charge in [-0.05, 0) is 172 Å². The third kappa shape index (κ3) is 18.8. The maximum Gasteiger partial charge on any atom is 0.130 e. The van der Waals surface area contributed by atoms with Crippen LogP contribution in [-0.2, 0) is 0 Å². The number of ether oxygens (including phenoxy) is 2. The first-order valence-electron chi connectivity index (χ1n) is 33.8. The molecule has 0 aliphatic rings. The first-order valence-corrected chi connectivity index (χ1v) is 33.8. The summed E-state index contributed by atoms with van der Waals surface area (Å²) in [5.74, 6) is 1.21. The Morgan fingerprint density at radius 3 is 0.879 bits per heavy atom. The molecule has 0 aliphatic heterocycles. The number of aliphatic hydroxyl groups excluding tert-OH is 2. The van der Waals surface area contributed by atoms with E-state index in [1.807, 2.05) is 284 Å². The summed E-state index contributed by atoms with van der Waals surface area (Å²) >= 11 is 0. The zero-order chi connectivity index (χ0) is 68.4. The summed E-state index contributed by atoms with van der Waals surface area (Å²) in [5.41, 5.74) is 13.5. The minimum Gasteiger partial charge on any atom is -0.490 e. The Morgan fingerprint density at radius 1 is 0.303 bits per heavy atom. The molecule has 0 amide bonds. The number of aliphatic hydroxyl groups is 2. The number of para-hydroxylation sites is 7. The van der Waals surface area contributed by atoms with Crippen LogP contribution in [0.15, 0.2) is 318 Å². The fourth-order valence-electron chi connectivity index (χ4n) is 11.4. The second-order valence-corrected chi connectivity index (χ2v) is 23.4. The number of anilines is 11. The lowest BCUT2D eigenvalue weighted by atomic mass is 10.1. The number of benzene rings is 11. The van der Waals surface area contributed by atoms with Gasteiger partial charge in [0.15, 0.2) is 0 Å². The molecule has 500 valence electrons. The van der Waals surface area contributed by atoms with Crippen LogP contribution in [0.25, 0.3) is 0 Å². The highest BCUT2D eigenvalue weighted by Gasteiger charge is 2.20. The van der Waals surface area contributed by atoms with Gasteiger partial charge >= 0.3 is 0 Å². The molecule has 0 saturated carbocycles. The average molecular weight is 1310 g/mol. The predicted octanol–water partition coefficient (Wildman–Crippen LogP) is 17.8. The molecular weight excluding hydrogens is 1230 g/mol. The Kier molecular flexibility index (Phi) is 24.4. The Hall–Kier alpha value is -11.8. The molecule has 0 bridgehead atoms. The van der Waals surface area contributed by atoms with E-state index in [4.69, 9.17) is 29.9 Å². The summed E-state index contributed by atoms with van der Waals surface area (Å²) < 4.78 is 13.1. The van der Waals surface area contributed by atoms with Crippen LogP contribution in [-0.4, -0.2) is 99.8 Å². The van der Waals surface area contributed by atoms with Crippen molar-refractivity contribution in [1.29, 1.82) is 0 Å². The third-order valence-electron chi connectivity index (χ3n) is 16.6. The van der Waals surface area contributed by atoms with Gasteiger partial charge in [-0.3, -0.25) is 10.0 Å². The van der Waals surface area contributed by atoms with Crippen LogP contribution in [0.1, 0.15) is 49.9 Å². The zero-order valence-corrected chi connectivity index (χ0v) is 56.5. The van der Waals surface area contributed by atoms with Crippen molar-refractivity contribution >= 4 is 87.4 Å². The van der Waals surface area contributed by atoms with E-state index in [9.17, 15) is 10.2 Å². The van der Waals surface area contributed by atoms with Crippen molar-refractivity contribution in [3.05, 3.63) is 320 Å². The molecule has 2 N–H and O–H groups in total. The van der Waals surface area contributed by atoms with E-state index in [2.05, 4.69) is 90.9 Å². The lowest BCUT2D eigenvalue weighted by molar-refractivity contribution is 0.112. The Balaban J connectivity index is 0.774. The van der Waals surface area contributed by atoms with E-state index in [-0.39, 0.29) is 26.3 Å². The van der Waals surface area contributed by atoms with Gasteiger partial charge in [-0.25, -0.2) is 10.0 Å². The number of nitrogens with zero attached hydrogens (tertiary/aromatic N) is 11. The van der Waals surface area contributed by atoms with Gasteiger partial charge in [0.05, 0.1) is 72.1 Å². The predicted molar refractivity (Wildman–Crippen MR) is 412 cm³/mol. The van der Waals surface area contributed by atoms with Crippen LogP contribution < -0.4 is 44.2 Å². The molecule has 0 fully saturated rings. The second kappa shape index (κ2) is 35.3. The smallest absolute Gasteiger partial charge is 0.130 e. The summed E-state index contributed by atoms with van der Waals surface area (Å²) in [6.45, 7) is 12.2. The summed E-state index contributed by atoms with van der Waals surface area (Å²) in [7, 11) is 0. The summed E-state index contributed by atoms with van der Waals surface area (Å²) in [4.78, 5) is 6.73. The van der Waals surface area contributed by atoms with Crippen LogP contribution in [0.5, 0.6) is 11.5 Å². The average Bonchev–Trinajstić information content (AvgIpc) is 0.837. The largest absolute Gasteiger partial charge is 0.490 e. The van der Waals surface area contributed by atoms with E-state index >= 15 is 0 Å². The van der Waals surface area contributed by atoms with E-state index in [0.29, 0.717) is 11.5 Å². The molecule has 0 heterocycles. The molecule has 0 spiro atoms. The monoisotopic (exact) mass is 1310 g/mol. The van der Waals surface area contributed by atoms with Gasteiger partial charge in [0.2, 0.25) is 0 Å². The highest BCUT2D eigenvalue weighted by atomic mass is 16.5. The molecule has 0 aliphatic carbocycles. The van der Waals surface area contributed by atoms with Crippen LogP contribution in [0, 0.1) is 0 Å². The van der Waals surface area contributed by atoms with E-state index in [1.165, 1.54) is 0 Å². The van der Waals surface area contributed by atoms with Crippen molar-refractivity contribution < 1.29 is 19.7 Å². The summed E-state index contributed by atoms with van der Waals surface area (Å²) in [6, 6.07) is 98.9. The summed E-state index contributed by atoms with van der Waals surface area (Å²) in [5, 5.41) is 51.0. The molecule has 15 heteroatoms. The Morgan fingerprint density at radius 2 is 0.576 bits per heavy atom. The molecule has 11 aromatic rings. The molecule has 2 atom stereocenters. The fraction of sp³-hybridized carbons (Fsp3) is 0.167. The van der Waals surface area contributed by atoms with Gasteiger partial charge < -0.3 is 34.4 Å². The van der Waals surface area contributed by atoms with E-state index in [1.54, 1.807) is 10.0 Å². The number of hydrazone groups is 4. The van der Waals surface area contributed by atoms with Crippen LogP contribution in [0.3, 0.4) is 0 Å². The maximum atomic E-state index is 11.8. The van der Waals surface area contributed by atoms with Crippen molar-refractivity contribution in [2.75, 3.05) is 87.2 Å². The Bertz CT molecular complexity index is 3980. The van der Waals surface area contributed by atoms with Gasteiger partial charge in [-0.2, -0.15) is 20.4 Å². The minimum atomic E-state index is -0.928. The molecule has 11 rings (SSSR count). The van der Waals surface area contributed by atoms with Gasteiger partial charge in [0, 0.05) is 77.9 Å². The maximum absolute atomic E-state index is 11.8. The van der Waals surface area contributed by atoms with Gasteiger partial charge in [0.1, 0.15) is 36.9 Å². The van der Waals surface area contributed by atoms with Crippen LogP contribution in [0.2, 0.25) is 0 Å². The molecule has 2 unspecified atom stereocenters. The van der Waals surface area contributed by atoms with Crippen molar-refractivity contribution in [2.45, 2.75) is 39.9 Å². The fourth-order valence-corrected chi connectivity index (χ4v) is 11.4. The van der Waals surface area contributed by atoms with Crippen LogP contribution in [0.4, 0.5) is 62.6 Å². The Labute approximate surface area is 582 Å². The van der Waals surface area contributed by atoms with Crippen molar-refractivity contribution in [3.8, 4) is 11.5 Å². The highest BCUT2D eigenvalue weighted by Crippen LogP contribution is 2.36. The number of hydrogen-bond acceptors (Lipinski definition) is 15. The van der Waals surface area contributed by atoms with Gasteiger partial charge in [-0.1, -0.05) is 152 Å². The van der Waals surface area contributed by atoms with Gasteiger partial charge in [-0.15, -0.1) is 0 Å². The first kappa shape index (κ1) is 68.6. The van der Waals surface area contributed by atoms with E-state index < -0.39 is 12.2 Å². The zero-order valence-electron chi connectivity index (χ0n) is 56.5. The van der Waals surface area contributed by atoms with Gasteiger partial charge in [0.25, 0.3) is 0 Å². The number of hydrogen-bond donors (Lipinski definition) is 2. The molecule has 99 heavy (non-hydrogen) atoms. The highest BCUT2D eigenvalue weighted by molar-refractivity contribution is 5.88. The lowest BCUT2D eigenvalue weighted by Gasteiger charge is -2.26. The summed E-state index contributed by atoms with van der Waals surface area (Å²) in [6.07, 6.45) is 5.40. The van der Waals surface area contributed by atoms with Crippen LogP contribution >= 0.6 is 0 Å². The quantitative estimate of drug-likeness (QED) is 0.0301. The minimum absolute atomic E-state index is 0.00515. The molecule has 0 saturated heterocycles. The topological polar surface area (TPSA) is 131 Å². The van der Waals surface area contributed by atoms with Crippen molar-refractivity contribution in [3.63, 3.8) is 0 Å². The van der Waals surface area contributed by atoms with Crippen molar-refractivity contribution in [2.24, 2.45) is 20.4 Å². The second-order valence-electron chi connectivity index (χ2n) is 23.4. The first-order chi connectivity index (χ1) is 48.7. The molecule has 0 aromatic heterocycles. The molecular formula is C84H85N11O4. The van der Waals surface area contributed by atoms with E-state index in [0.717, 1.165) is 111 Å². The lowest BCUT2D eigenvalue weighted by Crippen LogP contribution is -2.33. The molecule has 15 nitrogen and oxygen atoms in total. The van der Waals surface area contributed by atoms with Crippen molar-refractivity contribution in [1.82, 2.24) is 0 Å². The third-order valence-corrected chi connectivity index (χ3v) is 16.6. The SMILES string of the molecule is CCN(CC)c1ccc(C=NN(c2ccccc2)c2ccccc2)c(OCC(O)CN(N=Cc2ccc(N(c3ccccc3)c3ccc(C=NN(CC(O)COc4cc(N(CC)CC)ccc4C=NN(c4ccccc4)c4ccccc4)c4ccccc4)cc3)cc2)c2ccccc2)c1. The number of rotatable bonds is 33. The molecule has 11 aromatic carbocycles.